The summed E-state index contributed by atoms with van der Waals surface area (Å²) in [6.45, 7) is 4.29. The van der Waals surface area contributed by atoms with Gasteiger partial charge in [0, 0.05) is 6.08 Å². The van der Waals surface area contributed by atoms with Crippen LogP contribution >= 0.6 is 0 Å². The first-order valence-corrected chi connectivity index (χ1v) is 5.36. The minimum atomic E-state index is -0.425. The zero-order valence-corrected chi connectivity index (χ0v) is 9.88. The molecule has 0 saturated carbocycles. The molecule has 0 aromatic heterocycles. The van der Waals surface area contributed by atoms with Crippen LogP contribution in [0.15, 0.2) is 24.3 Å². The number of carbonyl (C=O) groups excluding carboxylic acids is 1. The normalized spacial score (nSPS) is 11.0. The molecule has 2 N–H and O–H groups in total. The molecular weight excluding hydrogens is 220 g/mol. The Kier molecular flexibility index (Phi) is 4.57. The first kappa shape index (κ1) is 13.1. The quantitative estimate of drug-likeness (QED) is 0.478. The van der Waals surface area contributed by atoms with Crippen molar-refractivity contribution in [1.82, 2.24) is 0 Å². The summed E-state index contributed by atoms with van der Waals surface area (Å²) >= 11 is 0. The van der Waals surface area contributed by atoms with Gasteiger partial charge in [-0.3, -0.25) is 0 Å². The molecule has 1 rings (SSSR count). The second kappa shape index (κ2) is 5.94. The number of carbonyl (C=O) groups is 1. The highest BCUT2D eigenvalue weighted by Crippen LogP contribution is 2.25. The maximum atomic E-state index is 11.3. The topological polar surface area (TPSA) is 66.8 Å². The number of aromatic hydroxyl groups is 2. The highest BCUT2D eigenvalue weighted by atomic mass is 16.5. The molecule has 0 spiro atoms. The Hall–Kier alpha value is -1.97. The predicted molar refractivity (Wildman–Crippen MR) is 64.6 cm³/mol. The molecule has 0 saturated heterocycles. The molecule has 17 heavy (non-hydrogen) atoms. The Morgan fingerprint density at radius 2 is 2.06 bits per heavy atom. The van der Waals surface area contributed by atoms with Gasteiger partial charge < -0.3 is 14.9 Å². The molecule has 0 atom stereocenters. The molecule has 92 valence electrons. The molecule has 0 aliphatic rings. The lowest BCUT2D eigenvalue weighted by atomic mass is 10.2. The summed E-state index contributed by atoms with van der Waals surface area (Å²) < 4.78 is 4.94. The van der Waals surface area contributed by atoms with E-state index in [0.29, 0.717) is 18.1 Å². The van der Waals surface area contributed by atoms with Crippen molar-refractivity contribution < 1.29 is 19.7 Å². The number of benzene rings is 1. The second-order valence-corrected chi connectivity index (χ2v) is 4.11. The first-order valence-electron chi connectivity index (χ1n) is 5.36. The fraction of sp³-hybridized carbons (Fsp3) is 0.308. The van der Waals surface area contributed by atoms with Gasteiger partial charge in [0.15, 0.2) is 11.5 Å². The van der Waals surface area contributed by atoms with Gasteiger partial charge in [-0.25, -0.2) is 4.79 Å². The van der Waals surface area contributed by atoms with Gasteiger partial charge in [0.05, 0.1) is 6.61 Å². The number of rotatable bonds is 4. The van der Waals surface area contributed by atoms with Crippen LogP contribution in [-0.4, -0.2) is 22.8 Å². The van der Waals surface area contributed by atoms with E-state index >= 15 is 0 Å². The zero-order chi connectivity index (χ0) is 12.8. The third kappa shape index (κ3) is 4.59. The summed E-state index contributed by atoms with van der Waals surface area (Å²) in [5.74, 6) is -0.538. The smallest absolute Gasteiger partial charge is 0.330 e. The molecule has 1 aromatic carbocycles. The van der Waals surface area contributed by atoms with Gasteiger partial charge in [0.2, 0.25) is 0 Å². The molecule has 0 aliphatic heterocycles. The number of esters is 1. The van der Waals surface area contributed by atoms with E-state index in [0.717, 1.165) is 0 Å². The van der Waals surface area contributed by atoms with Crippen molar-refractivity contribution in [2.24, 2.45) is 5.92 Å². The summed E-state index contributed by atoms with van der Waals surface area (Å²) in [4.78, 5) is 11.3. The predicted octanol–water partition coefficient (Wildman–Crippen LogP) is 2.31. The Morgan fingerprint density at radius 1 is 1.35 bits per heavy atom. The third-order valence-corrected chi connectivity index (χ3v) is 1.97. The van der Waals surface area contributed by atoms with E-state index in [9.17, 15) is 9.90 Å². The lowest BCUT2D eigenvalue weighted by Crippen LogP contribution is -2.06. The van der Waals surface area contributed by atoms with Crippen molar-refractivity contribution in [3.05, 3.63) is 29.8 Å². The molecule has 0 fully saturated rings. The van der Waals surface area contributed by atoms with Gasteiger partial charge in [-0.15, -0.1) is 0 Å². The fourth-order valence-corrected chi connectivity index (χ4v) is 1.11. The van der Waals surface area contributed by atoms with Gasteiger partial charge in [0.1, 0.15) is 0 Å². The van der Waals surface area contributed by atoms with Crippen molar-refractivity contribution in [1.29, 1.82) is 0 Å². The van der Waals surface area contributed by atoms with Crippen LogP contribution in [0.25, 0.3) is 6.08 Å². The van der Waals surface area contributed by atoms with Crippen LogP contribution in [0.3, 0.4) is 0 Å². The van der Waals surface area contributed by atoms with E-state index < -0.39 is 5.97 Å². The van der Waals surface area contributed by atoms with Crippen molar-refractivity contribution >= 4 is 12.0 Å². The fourth-order valence-electron chi connectivity index (χ4n) is 1.11. The monoisotopic (exact) mass is 236 g/mol. The molecule has 0 bridgehead atoms. The Bertz CT molecular complexity index is 421. The molecule has 0 radical (unpaired) electrons. The summed E-state index contributed by atoms with van der Waals surface area (Å²) in [5.41, 5.74) is 0.613. The maximum absolute atomic E-state index is 11.3. The van der Waals surface area contributed by atoms with E-state index in [2.05, 4.69) is 0 Å². The Morgan fingerprint density at radius 3 is 2.65 bits per heavy atom. The highest BCUT2D eigenvalue weighted by molar-refractivity contribution is 5.87. The van der Waals surface area contributed by atoms with Crippen LogP contribution in [0.4, 0.5) is 0 Å². The molecule has 4 nitrogen and oxygen atoms in total. The van der Waals surface area contributed by atoms with Crippen LogP contribution in [0.1, 0.15) is 19.4 Å². The Balaban J connectivity index is 2.58. The van der Waals surface area contributed by atoms with Crippen molar-refractivity contribution in [3.8, 4) is 11.5 Å². The minimum Gasteiger partial charge on any atom is -0.504 e. The van der Waals surface area contributed by atoms with Crippen molar-refractivity contribution in [3.63, 3.8) is 0 Å². The average molecular weight is 236 g/mol. The standard InChI is InChI=1S/C13H16O4/c1-9(2)8-17-13(16)6-4-10-3-5-11(14)12(15)7-10/h3-7,9,14-15H,8H2,1-2H3/b6-4+. The molecule has 0 aliphatic carbocycles. The van der Waals surface area contributed by atoms with Crippen LogP contribution in [0.2, 0.25) is 0 Å². The first-order chi connectivity index (χ1) is 7.99. The summed E-state index contributed by atoms with van der Waals surface area (Å²) in [7, 11) is 0. The molecular formula is C13H16O4. The largest absolute Gasteiger partial charge is 0.504 e. The maximum Gasteiger partial charge on any atom is 0.330 e. The number of phenols is 2. The minimum absolute atomic E-state index is 0.190. The van der Waals surface area contributed by atoms with E-state index in [4.69, 9.17) is 9.84 Å². The van der Waals surface area contributed by atoms with E-state index in [1.807, 2.05) is 13.8 Å². The van der Waals surface area contributed by atoms with Crippen LogP contribution in [0.5, 0.6) is 11.5 Å². The molecule has 1 aromatic rings. The summed E-state index contributed by atoms with van der Waals surface area (Å²) in [6, 6.07) is 4.30. The molecule has 0 unspecified atom stereocenters. The van der Waals surface area contributed by atoms with Crippen molar-refractivity contribution in [2.75, 3.05) is 6.61 Å². The second-order valence-electron chi connectivity index (χ2n) is 4.11. The number of hydrogen-bond acceptors (Lipinski definition) is 4. The van der Waals surface area contributed by atoms with E-state index in [1.165, 1.54) is 24.3 Å². The lowest BCUT2D eigenvalue weighted by Gasteiger charge is -2.04. The van der Waals surface area contributed by atoms with Crippen molar-refractivity contribution in [2.45, 2.75) is 13.8 Å². The van der Waals surface area contributed by atoms with Gasteiger partial charge in [-0.05, 0) is 29.7 Å². The van der Waals surface area contributed by atoms with E-state index in [1.54, 1.807) is 6.07 Å². The van der Waals surface area contributed by atoms with E-state index in [-0.39, 0.29) is 11.5 Å². The van der Waals surface area contributed by atoms with Crippen LogP contribution < -0.4 is 0 Å². The number of hydrogen-bond donors (Lipinski definition) is 2. The highest BCUT2D eigenvalue weighted by Gasteiger charge is 2.01. The van der Waals surface area contributed by atoms with Gasteiger partial charge in [0.25, 0.3) is 0 Å². The zero-order valence-electron chi connectivity index (χ0n) is 9.88. The third-order valence-electron chi connectivity index (χ3n) is 1.97. The number of phenolic OH excluding ortho intramolecular Hbond substituents is 2. The van der Waals surface area contributed by atoms with Gasteiger partial charge in [-0.2, -0.15) is 0 Å². The SMILES string of the molecule is CC(C)COC(=O)/C=C/c1ccc(O)c(O)c1. The van der Waals surface area contributed by atoms with Crippen LogP contribution in [0, 0.1) is 5.92 Å². The summed E-state index contributed by atoms with van der Waals surface area (Å²) in [6.07, 6.45) is 2.80. The Labute approximate surface area is 100 Å². The van der Waals surface area contributed by atoms with Gasteiger partial charge in [-0.1, -0.05) is 19.9 Å². The van der Waals surface area contributed by atoms with Gasteiger partial charge >= 0.3 is 5.97 Å². The average Bonchev–Trinajstić information content (AvgIpc) is 2.28. The van der Waals surface area contributed by atoms with Crippen LogP contribution in [-0.2, 0) is 9.53 Å². The molecule has 4 heteroatoms. The lowest BCUT2D eigenvalue weighted by molar-refractivity contribution is -0.138. The molecule has 0 amide bonds. The summed E-state index contributed by atoms with van der Waals surface area (Å²) in [5, 5.41) is 18.3. The molecule has 0 heterocycles. The number of ether oxygens (including phenoxy) is 1.